The van der Waals surface area contributed by atoms with E-state index in [9.17, 15) is 9.90 Å². The van der Waals surface area contributed by atoms with Gasteiger partial charge in [0.15, 0.2) is 5.69 Å². The van der Waals surface area contributed by atoms with Gasteiger partial charge < -0.3 is 5.11 Å². The maximum absolute atomic E-state index is 11.2. The fourth-order valence-corrected chi connectivity index (χ4v) is 2.97. The predicted molar refractivity (Wildman–Crippen MR) is 72.2 cm³/mol. The van der Waals surface area contributed by atoms with Crippen LogP contribution in [0.1, 0.15) is 68.7 Å². The molecule has 0 radical (unpaired) electrons. The van der Waals surface area contributed by atoms with Crippen LogP contribution in [0.15, 0.2) is 0 Å². The first-order valence-electron chi connectivity index (χ1n) is 7.16. The molecule has 0 bridgehead atoms. The molecule has 106 valence electrons. The van der Waals surface area contributed by atoms with E-state index in [2.05, 4.69) is 31.1 Å². The lowest BCUT2D eigenvalue weighted by Crippen LogP contribution is -2.21. The van der Waals surface area contributed by atoms with Crippen molar-refractivity contribution in [2.24, 2.45) is 11.8 Å². The molecule has 19 heavy (non-hydrogen) atoms. The van der Waals surface area contributed by atoms with Crippen LogP contribution in [-0.2, 0) is 6.42 Å². The molecule has 0 aliphatic heterocycles. The Morgan fingerprint density at radius 1 is 1.47 bits per heavy atom. The first kappa shape index (κ1) is 14.0. The zero-order valence-corrected chi connectivity index (χ0v) is 12.0. The van der Waals surface area contributed by atoms with Gasteiger partial charge in [0.2, 0.25) is 0 Å². The number of aromatic carboxylic acids is 1. The highest BCUT2D eigenvalue weighted by Crippen LogP contribution is 2.33. The van der Waals surface area contributed by atoms with Crippen molar-refractivity contribution < 1.29 is 9.90 Å². The van der Waals surface area contributed by atoms with Crippen molar-refractivity contribution in [2.45, 2.75) is 58.9 Å². The van der Waals surface area contributed by atoms with Crippen LogP contribution in [-0.4, -0.2) is 26.1 Å². The lowest BCUT2D eigenvalue weighted by molar-refractivity contribution is 0.0689. The summed E-state index contributed by atoms with van der Waals surface area (Å²) in [5, 5.41) is 17.2. The van der Waals surface area contributed by atoms with Crippen LogP contribution in [0, 0.1) is 11.8 Å². The Bertz CT molecular complexity index is 454. The number of rotatable bonds is 4. The summed E-state index contributed by atoms with van der Waals surface area (Å²) in [6.07, 6.45) is 5.33. The molecular weight excluding hydrogens is 242 g/mol. The Hall–Kier alpha value is -1.39. The van der Waals surface area contributed by atoms with Gasteiger partial charge in [0.1, 0.15) is 0 Å². The van der Waals surface area contributed by atoms with E-state index in [-0.39, 0.29) is 5.69 Å². The molecule has 0 saturated heterocycles. The second kappa shape index (κ2) is 5.72. The Morgan fingerprint density at radius 2 is 2.21 bits per heavy atom. The van der Waals surface area contributed by atoms with Gasteiger partial charge in [-0.2, -0.15) is 0 Å². The zero-order valence-electron chi connectivity index (χ0n) is 12.0. The Kier molecular flexibility index (Phi) is 4.22. The monoisotopic (exact) mass is 265 g/mol. The number of aromatic nitrogens is 3. The van der Waals surface area contributed by atoms with Crippen molar-refractivity contribution in [3.05, 3.63) is 11.4 Å². The molecule has 1 aromatic heterocycles. The van der Waals surface area contributed by atoms with Crippen LogP contribution in [0.2, 0.25) is 0 Å². The van der Waals surface area contributed by atoms with Gasteiger partial charge in [0, 0.05) is 0 Å². The second-order valence-corrected chi connectivity index (χ2v) is 6.16. The molecule has 2 unspecified atom stereocenters. The number of carboxylic acid groups (broad SMARTS) is 1. The molecular formula is C14H23N3O2. The van der Waals surface area contributed by atoms with Crippen LogP contribution >= 0.6 is 0 Å². The summed E-state index contributed by atoms with van der Waals surface area (Å²) >= 11 is 0. The first-order valence-corrected chi connectivity index (χ1v) is 7.16. The van der Waals surface area contributed by atoms with E-state index in [1.165, 1.54) is 12.8 Å². The summed E-state index contributed by atoms with van der Waals surface area (Å²) in [5.41, 5.74) is 0.925. The number of hydrogen-bond donors (Lipinski definition) is 1. The van der Waals surface area contributed by atoms with Crippen LogP contribution in [0.3, 0.4) is 0 Å². The highest BCUT2D eigenvalue weighted by Gasteiger charge is 2.27. The number of hydrogen-bond acceptors (Lipinski definition) is 3. The van der Waals surface area contributed by atoms with Gasteiger partial charge in [-0.15, -0.1) is 5.10 Å². The van der Waals surface area contributed by atoms with E-state index < -0.39 is 5.97 Å². The molecule has 0 aromatic carbocycles. The van der Waals surface area contributed by atoms with E-state index >= 15 is 0 Å². The van der Waals surface area contributed by atoms with Crippen molar-refractivity contribution in [3.63, 3.8) is 0 Å². The van der Waals surface area contributed by atoms with Gasteiger partial charge in [-0.25, -0.2) is 9.48 Å². The minimum atomic E-state index is -0.967. The Labute approximate surface area is 114 Å². The number of carboxylic acids is 1. The maximum Gasteiger partial charge on any atom is 0.358 e. The number of nitrogens with zero attached hydrogens (tertiary/aromatic N) is 3. The lowest BCUT2D eigenvalue weighted by Gasteiger charge is -2.28. The van der Waals surface area contributed by atoms with Gasteiger partial charge in [-0.3, -0.25) is 0 Å². The van der Waals surface area contributed by atoms with Crippen LogP contribution < -0.4 is 0 Å². The molecule has 1 aliphatic rings. The fourth-order valence-electron chi connectivity index (χ4n) is 2.97. The topological polar surface area (TPSA) is 68.0 Å². The van der Waals surface area contributed by atoms with Crippen molar-refractivity contribution in [1.29, 1.82) is 0 Å². The van der Waals surface area contributed by atoms with Gasteiger partial charge in [-0.05, 0) is 31.1 Å². The molecule has 5 nitrogen and oxygen atoms in total. The average Bonchev–Trinajstić information content (AvgIpc) is 2.71. The van der Waals surface area contributed by atoms with Crippen molar-refractivity contribution in [3.8, 4) is 0 Å². The van der Waals surface area contributed by atoms with Gasteiger partial charge >= 0.3 is 5.97 Å². The Balaban J connectivity index is 2.30. The average molecular weight is 265 g/mol. The van der Waals surface area contributed by atoms with Crippen LogP contribution in [0.4, 0.5) is 0 Å². The standard InChI is InChI=1S/C14H23N3O2/c1-9(2)7-12-13(14(18)19)15-16-17(12)11-6-4-5-10(3)8-11/h9-11H,4-8H2,1-3H3,(H,18,19). The van der Waals surface area contributed by atoms with E-state index in [0.717, 1.165) is 25.0 Å². The molecule has 0 spiro atoms. The molecule has 1 fully saturated rings. The van der Waals surface area contributed by atoms with Crippen LogP contribution in [0.25, 0.3) is 0 Å². The molecule has 0 amide bonds. The lowest BCUT2D eigenvalue weighted by atomic mass is 9.87. The largest absolute Gasteiger partial charge is 0.476 e. The summed E-state index contributed by atoms with van der Waals surface area (Å²) in [5.74, 6) is 0.116. The quantitative estimate of drug-likeness (QED) is 0.908. The molecule has 1 heterocycles. The van der Waals surface area contributed by atoms with Gasteiger partial charge in [-0.1, -0.05) is 38.8 Å². The van der Waals surface area contributed by atoms with Crippen molar-refractivity contribution in [1.82, 2.24) is 15.0 Å². The highest BCUT2D eigenvalue weighted by atomic mass is 16.4. The minimum Gasteiger partial charge on any atom is -0.476 e. The van der Waals surface area contributed by atoms with E-state index in [4.69, 9.17) is 0 Å². The predicted octanol–water partition coefficient (Wildman–Crippen LogP) is 2.93. The molecule has 2 atom stereocenters. The first-order chi connectivity index (χ1) is 8.99. The molecule has 1 aromatic rings. The van der Waals surface area contributed by atoms with E-state index in [0.29, 0.717) is 17.9 Å². The van der Waals surface area contributed by atoms with Crippen LogP contribution in [0.5, 0.6) is 0 Å². The smallest absolute Gasteiger partial charge is 0.358 e. The summed E-state index contributed by atoms with van der Waals surface area (Å²) in [6, 6.07) is 0.318. The molecule has 1 aliphatic carbocycles. The summed E-state index contributed by atoms with van der Waals surface area (Å²) < 4.78 is 1.89. The highest BCUT2D eigenvalue weighted by molar-refractivity contribution is 5.86. The van der Waals surface area contributed by atoms with Crippen molar-refractivity contribution >= 4 is 5.97 Å². The summed E-state index contributed by atoms with van der Waals surface area (Å²) in [4.78, 5) is 11.2. The molecule has 2 rings (SSSR count). The SMILES string of the molecule is CC(C)Cc1c(C(=O)O)nnn1C1CCCC(C)C1. The normalized spacial score (nSPS) is 23.8. The fraction of sp³-hybridized carbons (Fsp3) is 0.786. The number of carbonyl (C=O) groups is 1. The molecule has 1 saturated carbocycles. The maximum atomic E-state index is 11.2. The zero-order chi connectivity index (χ0) is 14.0. The third kappa shape index (κ3) is 3.14. The van der Waals surface area contributed by atoms with Crippen molar-refractivity contribution in [2.75, 3.05) is 0 Å². The van der Waals surface area contributed by atoms with E-state index in [1.54, 1.807) is 0 Å². The molecule has 1 N–H and O–H groups in total. The summed E-state index contributed by atoms with van der Waals surface area (Å²) in [7, 11) is 0. The van der Waals surface area contributed by atoms with Gasteiger partial charge in [0.25, 0.3) is 0 Å². The minimum absolute atomic E-state index is 0.131. The third-order valence-corrected chi connectivity index (χ3v) is 3.85. The third-order valence-electron chi connectivity index (χ3n) is 3.85. The molecule has 5 heteroatoms. The summed E-state index contributed by atoms with van der Waals surface area (Å²) in [6.45, 7) is 6.43. The Morgan fingerprint density at radius 3 is 2.79 bits per heavy atom. The van der Waals surface area contributed by atoms with Gasteiger partial charge in [0.05, 0.1) is 11.7 Å². The second-order valence-electron chi connectivity index (χ2n) is 6.16. The van der Waals surface area contributed by atoms with E-state index in [1.807, 2.05) is 4.68 Å².